The van der Waals surface area contributed by atoms with Gasteiger partial charge in [0.15, 0.2) is 0 Å². The fourth-order valence-electron chi connectivity index (χ4n) is 1.67. The summed E-state index contributed by atoms with van der Waals surface area (Å²) < 4.78 is 5.13. The van der Waals surface area contributed by atoms with Crippen LogP contribution >= 0.6 is 0 Å². The first-order valence-electron chi connectivity index (χ1n) is 6.86. The Morgan fingerprint density at radius 2 is 2.05 bits per heavy atom. The van der Waals surface area contributed by atoms with Crippen molar-refractivity contribution >= 4 is 18.0 Å². The van der Waals surface area contributed by atoms with Crippen molar-refractivity contribution in [3.05, 3.63) is 41.5 Å². The zero-order valence-corrected chi connectivity index (χ0v) is 12.8. The van der Waals surface area contributed by atoms with E-state index >= 15 is 0 Å². The normalized spacial score (nSPS) is 11.4. The van der Waals surface area contributed by atoms with Gasteiger partial charge in [-0.05, 0) is 32.8 Å². The van der Waals surface area contributed by atoms with Crippen molar-refractivity contribution in [2.24, 2.45) is 5.73 Å². The summed E-state index contributed by atoms with van der Waals surface area (Å²) in [7, 11) is 0. The van der Waals surface area contributed by atoms with Crippen molar-refractivity contribution in [2.75, 3.05) is 6.54 Å². The van der Waals surface area contributed by atoms with Crippen molar-refractivity contribution < 1.29 is 9.53 Å². The predicted molar refractivity (Wildman–Crippen MR) is 85.3 cm³/mol. The van der Waals surface area contributed by atoms with Gasteiger partial charge >= 0.3 is 6.09 Å². The Labute approximate surface area is 125 Å². The molecule has 0 saturated carbocycles. The second kappa shape index (κ2) is 7.47. The monoisotopic (exact) mass is 289 g/mol. The van der Waals surface area contributed by atoms with Gasteiger partial charge in [0.05, 0.1) is 0 Å². The highest BCUT2D eigenvalue weighted by Crippen LogP contribution is 2.10. The van der Waals surface area contributed by atoms with Crippen molar-refractivity contribution in [1.82, 2.24) is 5.32 Å². The van der Waals surface area contributed by atoms with E-state index in [0.717, 1.165) is 5.56 Å². The van der Waals surface area contributed by atoms with E-state index in [-0.39, 0.29) is 5.84 Å². The number of hydrogen-bond acceptors (Lipinski definition) is 3. The molecule has 0 aliphatic heterocycles. The molecule has 0 saturated heterocycles. The number of nitrogen functional groups attached to an aromatic ring is 1. The Hall–Kier alpha value is -2.30. The molecule has 1 amide bonds. The van der Waals surface area contributed by atoms with Crippen LogP contribution in [0.15, 0.2) is 30.3 Å². The molecular formula is C16H23N3O2. The number of amidine groups is 1. The van der Waals surface area contributed by atoms with E-state index in [1.807, 2.05) is 51.1 Å². The number of benzene rings is 1. The van der Waals surface area contributed by atoms with Crippen molar-refractivity contribution in [2.45, 2.75) is 32.8 Å². The second-order valence-electron chi connectivity index (χ2n) is 5.62. The summed E-state index contributed by atoms with van der Waals surface area (Å²) in [4.78, 5) is 11.4. The van der Waals surface area contributed by atoms with Crippen LogP contribution < -0.4 is 11.1 Å². The Morgan fingerprint density at radius 1 is 1.38 bits per heavy atom. The van der Waals surface area contributed by atoms with Gasteiger partial charge < -0.3 is 15.8 Å². The van der Waals surface area contributed by atoms with Crippen LogP contribution in [0.25, 0.3) is 6.08 Å². The summed E-state index contributed by atoms with van der Waals surface area (Å²) >= 11 is 0. The minimum atomic E-state index is -0.486. The van der Waals surface area contributed by atoms with Gasteiger partial charge in [0.2, 0.25) is 0 Å². The topological polar surface area (TPSA) is 88.2 Å². The van der Waals surface area contributed by atoms with Gasteiger partial charge in [0.25, 0.3) is 0 Å². The Balaban J connectivity index is 2.43. The van der Waals surface area contributed by atoms with E-state index in [1.165, 1.54) is 0 Å². The van der Waals surface area contributed by atoms with E-state index in [2.05, 4.69) is 5.32 Å². The molecule has 1 aromatic rings. The highest BCUT2D eigenvalue weighted by atomic mass is 16.6. The van der Waals surface area contributed by atoms with Crippen LogP contribution in [0.3, 0.4) is 0 Å². The van der Waals surface area contributed by atoms with Gasteiger partial charge in [0.1, 0.15) is 11.4 Å². The van der Waals surface area contributed by atoms with Gasteiger partial charge in [-0.2, -0.15) is 0 Å². The van der Waals surface area contributed by atoms with Gasteiger partial charge in [0, 0.05) is 12.1 Å². The van der Waals surface area contributed by atoms with Crippen LogP contribution in [-0.2, 0) is 4.74 Å². The summed E-state index contributed by atoms with van der Waals surface area (Å²) in [6.45, 7) is 5.97. The molecule has 21 heavy (non-hydrogen) atoms. The number of nitrogens with two attached hydrogens (primary N) is 1. The van der Waals surface area contributed by atoms with Crippen LogP contribution in [0.4, 0.5) is 4.79 Å². The first-order chi connectivity index (χ1) is 9.79. The first-order valence-corrected chi connectivity index (χ1v) is 6.86. The molecule has 1 aromatic carbocycles. The summed E-state index contributed by atoms with van der Waals surface area (Å²) in [6.07, 6.45) is 4.08. The molecule has 114 valence electrons. The minimum Gasteiger partial charge on any atom is -0.444 e. The maximum atomic E-state index is 11.4. The van der Waals surface area contributed by atoms with Gasteiger partial charge in [-0.25, -0.2) is 4.79 Å². The lowest BCUT2D eigenvalue weighted by molar-refractivity contribution is 0.0529. The molecular weight excluding hydrogens is 266 g/mol. The van der Waals surface area contributed by atoms with Crippen molar-refractivity contribution in [3.8, 4) is 0 Å². The molecule has 0 aliphatic carbocycles. The molecule has 0 heterocycles. The number of alkyl carbamates (subject to hydrolysis) is 1. The third-order valence-electron chi connectivity index (χ3n) is 2.53. The SMILES string of the molecule is CC(C)(C)OC(=O)NCCC=Cc1ccccc1C(=N)N. The molecule has 1 rings (SSSR count). The van der Waals surface area contributed by atoms with Gasteiger partial charge in [-0.3, -0.25) is 5.41 Å². The number of hydrogen-bond donors (Lipinski definition) is 3. The third kappa shape index (κ3) is 6.61. The molecule has 5 heteroatoms. The lowest BCUT2D eigenvalue weighted by Crippen LogP contribution is -2.32. The molecule has 0 aromatic heterocycles. The van der Waals surface area contributed by atoms with E-state index in [0.29, 0.717) is 18.5 Å². The van der Waals surface area contributed by atoms with Crippen LogP contribution in [0, 0.1) is 5.41 Å². The quantitative estimate of drug-likeness (QED) is 0.442. The predicted octanol–water partition coefficient (Wildman–Crippen LogP) is 2.90. The molecule has 0 fully saturated rings. The molecule has 0 bridgehead atoms. The fraction of sp³-hybridized carbons (Fsp3) is 0.375. The summed E-state index contributed by atoms with van der Waals surface area (Å²) in [5.41, 5.74) is 6.63. The third-order valence-corrected chi connectivity index (χ3v) is 2.53. The zero-order chi connectivity index (χ0) is 15.9. The lowest BCUT2D eigenvalue weighted by Gasteiger charge is -2.19. The van der Waals surface area contributed by atoms with Crippen molar-refractivity contribution in [3.63, 3.8) is 0 Å². The number of carbonyl (C=O) groups excluding carboxylic acids is 1. The second-order valence-corrected chi connectivity index (χ2v) is 5.62. The molecule has 0 unspecified atom stereocenters. The average molecular weight is 289 g/mol. The standard InChI is InChI=1S/C16H23N3O2/c1-16(2,3)21-15(20)19-11-7-6-9-12-8-4-5-10-13(12)14(17)18/h4-6,8-10H,7,11H2,1-3H3,(H3,17,18)(H,19,20). The van der Waals surface area contributed by atoms with Crippen LogP contribution in [0.1, 0.15) is 38.3 Å². The maximum absolute atomic E-state index is 11.4. The van der Waals surface area contributed by atoms with Crippen molar-refractivity contribution in [1.29, 1.82) is 5.41 Å². The molecule has 0 aliphatic rings. The summed E-state index contributed by atoms with van der Waals surface area (Å²) in [5.74, 6) is 0.0436. The number of carbonyl (C=O) groups is 1. The van der Waals surface area contributed by atoms with Gasteiger partial charge in [-0.15, -0.1) is 0 Å². The number of nitrogens with one attached hydrogen (secondary N) is 2. The minimum absolute atomic E-state index is 0.0436. The molecule has 0 radical (unpaired) electrons. The summed E-state index contributed by atoms with van der Waals surface area (Å²) in [6, 6.07) is 7.44. The summed E-state index contributed by atoms with van der Waals surface area (Å²) in [5, 5.41) is 10.2. The Bertz CT molecular complexity index is 531. The number of rotatable bonds is 5. The highest BCUT2D eigenvalue weighted by molar-refractivity contribution is 5.98. The Morgan fingerprint density at radius 3 is 2.67 bits per heavy atom. The average Bonchev–Trinajstić information content (AvgIpc) is 2.36. The van der Waals surface area contributed by atoms with E-state index in [9.17, 15) is 4.79 Å². The van der Waals surface area contributed by atoms with Crippen LogP contribution in [0.5, 0.6) is 0 Å². The van der Waals surface area contributed by atoms with Crippen LogP contribution in [0.2, 0.25) is 0 Å². The van der Waals surface area contributed by atoms with E-state index in [4.69, 9.17) is 15.9 Å². The number of ether oxygens (including phenoxy) is 1. The maximum Gasteiger partial charge on any atom is 0.407 e. The molecule has 0 atom stereocenters. The molecule has 0 spiro atoms. The smallest absolute Gasteiger partial charge is 0.407 e. The van der Waals surface area contributed by atoms with Crippen LogP contribution in [-0.4, -0.2) is 24.1 Å². The Kier molecular flexibility index (Phi) is 5.96. The van der Waals surface area contributed by atoms with Gasteiger partial charge in [-0.1, -0.05) is 36.4 Å². The fourth-order valence-corrected chi connectivity index (χ4v) is 1.67. The van der Waals surface area contributed by atoms with E-state index in [1.54, 1.807) is 6.07 Å². The van der Waals surface area contributed by atoms with E-state index < -0.39 is 11.7 Å². The highest BCUT2D eigenvalue weighted by Gasteiger charge is 2.15. The lowest BCUT2D eigenvalue weighted by atomic mass is 10.1. The first kappa shape index (κ1) is 16.8. The zero-order valence-electron chi connectivity index (χ0n) is 12.8. The molecule has 4 N–H and O–H groups in total. The number of amides is 1. The largest absolute Gasteiger partial charge is 0.444 e. The molecule has 5 nitrogen and oxygen atoms in total.